The maximum absolute atomic E-state index is 12.8. The Morgan fingerprint density at radius 2 is 1.71 bits per heavy atom. The van der Waals surface area contributed by atoms with Gasteiger partial charge in [0, 0.05) is 18.8 Å². The van der Waals surface area contributed by atoms with Gasteiger partial charge in [-0.05, 0) is 25.5 Å². The van der Waals surface area contributed by atoms with Gasteiger partial charge in [-0.25, -0.2) is 0 Å². The highest BCUT2D eigenvalue weighted by atomic mass is 19.4. The average molecular weight is 317 g/mol. The summed E-state index contributed by atoms with van der Waals surface area (Å²) in [7, 11) is 0. The van der Waals surface area contributed by atoms with Crippen molar-refractivity contribution in [3.05, 3.63) is 18.0 Å². The minimum atomic E-state index is -5.36. The van der Waals surface area contributed by atoms with Crippen LogP contribution in [0.3, 0.4) is 0 Å². The quantitative estimate of drug-likeness (QED) is 0.817. The van der Waals surface area contributed by atoms with Crippen molar-refractivity contribution in [1.82, 2.24) is 15.1 Å². The molecule has 1 atom stereocenters. The molecule has 21 heavy (non-hydrogen) atoms. The van der Waals surface area contributed by atoms with Gasteiger partial charge in [-0.3, -0.25) is 4.68 Å². The van der Waals surface area contributed by atoms with Crippen LogP contribution in [0.4, 0.5) is 26.3 Å². The van der Waals surface area contributed by atoms with Crippen LogP contribution < -0.4 is 5.32 Å². The molecule has 0 spiro atoms. The molecule has 1 heterocycles. The van der Waals surface area contributed by atoms with Crippen LogP contribution in [0.2, 0.25) is 0 Å². The lowest BCUT2D eigenvalue weighted by atomic mass is 9.93. The zero-order valence-electron chi connectivity index (χ0n) is 11.6. The van der Waals surface area contributed by atoms with Gasteiger partial charge in [0.05, 0.1) is 6.20 Å². The van der Waals surface area contributed by atoms with Gasteiger partial charge in [0.1, 0.15) is 0 Å². The van der Waals surface area contributed by atoms with Crippen molar-refractivity contribution in [3.63, 3.8) is 0 Å². The third-order valence-corrected chi connectivity index (χ3v) is 3.04. The molecule has 1 rings (SSSR count). The molecule has 1 aromatic heterocycles. The van der Waals surface area contributed by atoms with Crippen LogP contribution in [0.5, 0.6) is 0 Å². The maximum Gasteiger partial charge on any atom is 0.402 e. The number of halogens is 6. The highest BCUT2D eigenvalue weighted by molar-refractivity contribution is 5.08. The van der Waals surface area contributed by atoms with Crippen molar-refractivity contribution in [2.45, 2.75) is 45.2 Å². The third kappa shape index (κ3) is 4.90. The van der Waals surface area contributed by atoms with E-state index in [4.69, 9.17) is 0 Å². The monoisotopic (exact) mass is 317 g/mol. The fourth-order valence-electron chi connectivity index (χ4n) is 2.15. The zero-order chi connectivity index (χ0) is 16.3. The van der Waals surface area contributed by atoms with Crippen LogP contribution in [0.25, 0.3) is 0 Å². The van der Waals surface area contributed by atoms with Gasteiger partial charge in [0.2, 0.25) is 0 Å². The van der Waals surface area contributed by atoms with Crippen molar-refractivity contribution >= 4 is 0 Å². The van der Waals surface area contributed by atoms with Gasteiger partial charge >= 0.3 is 12.4 Å². The van der Waals surface area contributed by atoms with Crippen molar-refractivity contribution in [3.8, 4) is 0 Å². The average Bonchev–Trinajstić information content (AvgIpc) is 2.73. The molecule has 0 aromatic carbocycles. The van der Waals surface area contributed by atoms with Gasteiger partial charge in [0.25, 0.3) is 0 Å². The van der Waals surface area contributed by atoms with Crippen molar-refractivity contribution in [1.29, 1.82) is 0 Å². The molecule has 0 aliphatic heterocycles. The highest BCUT2D eigenvalue weighted by Crippen LogP contribution is 2.42. The Hall–Kier alpha value is -1.25. The lowest BCUT2D eigenvalue weighted by Gasteiger charge is -2.31. The highest BCUT2D eigenvalue weighted by Gasteiger charge is 2.59. The molecule has 0 fully saturated rings. The fraction of sp³-hybridized carbons (Fsp3) is 0.750. The minimum absolute atomic E-state index is 0.00917. The number of nitrogens with zero attached hydrogens (tertiary/aromatic N) is 2. The zero-order valence-corrected chi connectivity index (χ0v) is 11.6. The van der Waals surface area contributed by atoms with E-state index in [1.165, 1.54) is 24.0 Å². The summed E-state index contributed by atoms with van der Waals surface area (Å²) in [6, 6.07) is -1.77. The van der Waals surface area contributed by atoms with E-state index in [-0.39, 0.29) is 6.54 Å². The lowest BCUT2D eigenvalue weighted by Crippen LogP contribution is -2.52. The lowest BCUT2D eigenvalue weighted by molar-refractivity contribution is -0.291. The largest absolute Gasteiger partial charge is 0.402 e. The summed E-state index contributed by atoms with van der Waals surface area (Å²) in [5.74, 6) is -3.41. The van der Waals surface area contributed by atoms with E-state index >= 15 is 0 Å². The molecule has 1 unspecified atom stereocenters. The van der Waals surface area contributed by atoms with E-state index in [0.29, 0.717) is 12.1 Å². The minimum Gasteiger partial charge on any atom is -0.313 e. The van der Waals surface area contributed by atoms with Gasteiger partial charge in [-0.1, -0.05) is 6.92 Å². The molecular weight excluding hydrogens is 300 g/mol. The van der Waals surface area contributed by atoms with Crippen LogP contribution in [0, 0.1) is 5.92 Å². The first-order valence-electron chi connectivity index (χ1n) is 6.47. The normalized spacial score (nSPS) is 14.7. The molecule has 0 bridgehead atoms. The van der Waals surface area contributed by atoms with Gasteiger partial charge in [-0.2, -0.15) is 31.4 Å². The van der Waals surface area contributed by atoms with E-state index in [0.717, 1.165) is 0 Å². The molecule has 0 saturated heterocycles. The maximum atomic E-state index is 12.8. The Morgan fingerprint density at radius 3 is 2.10 bits per heavy atom. The first-order valence-corrected chi connectivity index (χ1v) is 6.47. The number of nitrogens with one attached hydrogen (secondary N) is 1. The molecule has 1 aromatic rings. The summed E-state index contributed by atoms with van der Waals surface area (Å²) >= 11 is 0. The topological polar surface area (TPSA) is 29.9 Å². The Morgan fingerprint density at radius 1 is 1.14 bits per heavy atom. The third-order valence-electron chi connectivity index (χ3n) is 3.04. The molecule has 0 aliphatic rings. The first-order chi connectivity index (χ1) is 9.59. The molecule has 0 radical (unpaired) electrons. The van der Waals surface area contributed by atoms with Crippen molar-refractivity contribution < 1.29 is 26.3 Å². The second-order valence-electron chi connectivity index (χ2n) is 4.63. The molecule has 0 amide bonds. The number of rotatable bonds is 6. The molecule has 3 nitrogen and oxygen atoms in total. The second kappa shape index (κ2) is 6.67. The van der Waals surface area contributed by atoms with Crippen LogP contribution in [0.1, 0.15) is 19.4 Å². The Kier molecular flexibility index (Phi) is 5.66. The Labute approximate surface area is 118 Å². The predicted octanol–water partition coefficient (Wildman–Crippen LogP) is 3.16. The van der Waals surface area contributed by atoms with Crippen molar-refractivity contribution in [2.75, 3.05) is 6.54 Å². The van der Waals surface area contributed by atoms with Crippen LogP contribution in [0.15, 0.2) is 12.4 Å². The van der Waals surface area contributed by atoms with Gasteiger partial charge in [0.15, 0.2) is 5.92 Å². The Balaban J connectivity index is 3.01. The summed E-state index contributed by atoms with van der Waals surface area (Å²) in [6.07, 6.45) is -8.36. The molecule has 122 valence electrons. The van der Waals surface area contributed by atoms with E-state index in [2.05, 4.69) is 10.4 Å². The van der Waals surface area contributed by atoms with E-state index in [1.807, 2.05) is 0 Å². The molecular formula is C12H17F6N3. The van der Waals surface area contributed by atoms with E-state index in [9.17, 15) is 26.3 Å². The number of alkyl halides is 6. The van der Waals surface area contributed by atoms with Crippen LogP contribution in [-0.2, 0) is 13.0 Å². The fourth-order valence-corrected chi connectivity index (χ4v) is 2.15. The number of aromatic nitrogens is 2. The smallest absolute Gasteiger partial charge is 0.313 e. The second-order valence-corrected chi connectivity index (χ2v) is 4.63. The number of hydrogen-bond donors (Lipinski definition) is 1. The summed E-state index contributed by atoms with van der Waals surface area (Å²) in [4.78, 5) is 0. The summed E-state index contributed by atoms with van der Waals surface area (Å²) in [5, 5.41) is 6.15. The molecule has 0 saturated carbocycles. The number of aryl methyl sites for hydroxylation is 1. The van der Waals surface area contributed by atoms with Gasteiger partial charge < -0.3 is 5.32 Å². The summed E-state index contributed by atoms with van der Waals surface area (Å²) in [6.45, 7) is 3.74. The van der Waals surface area contributed by atoms with E-state index in [1.54, 1.807) is 6.92 Å². The summed E-state index contributed by atoms with van der Waals surface area (Å²) in [5.41, 5.74) is 0.335. The number of likely N-dealkylation sites (N-methyl/N-ethyl adjacent to an activating group) is 1. The molecule has 1 N–H and O–H groups in total. The molecule has 9 heteroatoms. The van der Waals surface area contributed by atoms with E-state index < -0.39 is 30.7 Å². The van der Waals surface area contributed by atoms with Crippen LogP contribution >= 0.6 is 0 Å². The van der Waals surface area contributed by atoms with Crippen LogP contribution in [-0.4, -0.2) is 34.7 Å². The predicted molar refractivity (Wildman–Crippen MR) is 64.7 cm³/mol. The Bertz CT molecular complexity index is 423. The van der Waals surface area contributed by atoms with Crippen molar-refractivity contribution in [2.24, 2.45) is 5.92 Å². The first kappa shape index (κ1) is 17.8. The van der Waals surface area contributed by atoms with Gasteiger partial charge in [-0.15, -0.1) is 0 Å². The summed E-state index contributed by atoms with van der Waals surface area (Å²) < 4.78 is 78.1. The number of hydrogen-bond acceptors (Lipinski definition) is 2. The SMILES string of the molecule is CCNC(Cc1cnn(CC)c1)C(C(F)(F)F)C(F)(F)F. The standard InChI is InChI=1S/C12H17F6N3/c1-3-19-9(5-8-6-20-21(4-2)7-8)10(11(13,14)15)12(16,17)18/h6-7,9-10,19H,3-5H2,1-2H3. The molecule has 0 aliphatic carbocycles.